The van der Waals surface area contributed by atoms with Crippen molar-refractivity contribution in [3.8, 4) is 0 Å². The molecule has 0 N–H and O–H groups in total. The molecule has 0 unspecified atom stereocenters. The molecule has 12 heavy (non-hydrogen) atoms. The van der Waals surface area contributed by atoms with Crippen LogP contribution in [0.4, 0.5) is 0 Å². The van der Waals surface area contributed by atoms with Gasteiger partial charge in [0.2, 0.25) is 6.41 Å². The van der Waals surface area contributed by atoms with Crippen LogP contribution in [0.2, 0.25) is 0 Å². The lowest BCUT2D eigenvalue weighted by Gasteiger charge is -2.35. The van der Waals surface area contributed by atoms with E-state index < -0.39 is 0 Å². The SMILES string of the molecule is CN1CC[C@H]2CCN(C=O)C[C@H]21. The Morgan fingerprint density at radius 1 is 1.33 bits per heavy atom. The van der Waals surface area contributed by atoms with Crippen LogP contribution >= 0.6 is 0 Å². The summed E-state index contributed by atoms with van der Waals surface area (Å²) in [7, 11) is 2.17. The van der Waals surface area contributed by atoms with E-state index in [1.54, 1.807) is 0 Å². The summed E-state index contributed by atoms with van der Waals surface area (Å²) >= 11 is 0. The van der Waals surface area contributed by atoms with Crippen LogP contribution in [0.25, 0.3) is 0 Å². The molecule has 2 heterocycles. The maximum Gasteiger partial charge on any atom is 0.209 e. The van der Waals surface area contributed by atoms with Crippen molar-refractivity contribution in [1.82, 2.24) is 9.80 Å². The Kier molecular flexibility index (Phi) is 2.05. The van der Waals surface area contributed by atoms with Crippen molar-refractivity contribution < 1.29 is 4.79 Å². The standard InChI is InChI=1S/C9H16N2O/c1-10-4-2-8-3-5-11(7-12)6-9(8)10/h7-9H,2-6H2,1H3/t8-,9+/m0/s1. The van der Waals surface area contributed by atoms with E-state index in [1.807, 2.05) is 4.90 Å². The number of fused-ring (bicyclic) bond motifs is 1. The van der Waals surface area contributed by atoms with Gasteiger partial charge < -0.3 is 9.80 Å². The number of likely N-dealkylation sites (N-methyl/N-ethyl adjacent to an activating group) is 1. The Bertz CT molecular complexity index is 183. The highest BCUT2D eigenvalue weighted by atomic mass is 16.1. The van der Waals surface area contributed by atoms with Crippen LogP contribution in [0.15, 0.2) is 0 Å². The first-order chi connectivity index (χ1) is 5.81. The van der Waals surface area contributed by atoms with Gasteiger partial charge in [-0.3, -0.25) is 4.79 Å². The van der Waals surface area contributed by atoms with Gasteiger partial charge in [-0.15, -0.1) is 0 Å². The molecule has 2 aliphatic heterocycles. The second-order valence-electron chi connectivity index (χ2n) is 3.99. The molecule has 0 saturated carbocycles. The monoisotopic (exact) mass is 168 g/mol. The zero-order valence-corrected chi connectivity index (χ0v) is 7.57. The van der Waals surface area contributed by atoms with Crippen LogP contribution in [0.1, 0.15) is 12.8 Å². The van der Waals surface area contributed by atoms with Crippen LogP contribution in [-0.2, 0) is 4.79 Å². The largest absolute Gasteiger partial charge is 0.344 e. The predicted molar refractivity (Wildman–Crippen MR) is 46.8 cm³/mol. The van der Waals surface area contributed by atoms with E-state index in [0.29, 0.717) is 6.04 Å². The fourth-order valence-corrected chi connectivity index (χ4v) is 2.47. The van der Waals surface area contributed by atoms with Crippen LogP contribution in [0.3, 0.4) is 0 Å². The topological polar surface area (TPSA) is 23.6 Å². The molecule has 68 valence electrons. The average Bonchev–Trinajstić information content (AvgIpc) is 2.47. The smallest absolute Gasteiger partial charge is 0.209 e. The molecule has 2 fully saturated rings. The van der Waals surface area contributed by atoms with Crippen LogP contribution in [0.5, 0.6) is 0 Å². The highest BCUT2D eigenvalue weighted by Crippen LogP contribution is 2.29. The second kappa shape index (κ2) is 3.05. The molecule has 0 radical (unpaired) electrons. The van der Waals surface area contributed by atoms with Gasteiger partial charge in [-0.05, 0) is 32.4 Å². The highest BCUT2D eigenvalue weighted by Gasteiger charge is 2.35. The summed E-state index contributed by atoms with van der Waals surface area (Å²) in [6.45, 7) is 3.13. The maximum absolute atomic E-state index is 10.6. The minimum Gasteiger partial charge on any atom is -0.344 e. The second-order valence-corrected chi connectivity index (χ2v) is 3.99. The zero-order chi connectivity index (χ0) is 8.55. The molecule has 2 rings (SSSR count). The quantitative estimate of drug-likeness (QED) is 0.521. The molecule has 0 aliphatic carbocycles. The molecule has 2 saturated heterocycles. The molecule has 3 heteroatoms. The molecule has 0 aromatic rings. The molecule has 0 aromatic heterocycles. The minimum atomic E-state index is 0.643. The van der Waals surface area contributed by atoms with Crippen molar-refractivity contribution in [2.75, 3.05) is 26.7 Å². The third-order valence-corrected chi connectivity index (χ3v) is 3.32. The van der Waals surface area contributed by atoms with Crippen molar-refractivity contribution in [3.63, 3.8) is 0 Å². The lowest BCUT2D eigenvalue weighted by atomic mass is 9.93. The van der Waals surface area contributed by atoms with E-state index in [1.165, 1.54) is 19.4 Å². The maximum atomic E-state index is 10.6. The summed E-state index contributed by atoms with van der Waals surface area (Å²) in [5.41, 5.74) is 0. The summed E-state index contributed by atoms with van der Waals surface area (Å²) in [5.74, 6) is 0.853. The van der Waals surface area contributed by atoms with Crippen molar-refractivity contribution in [3.05, 3.63) is 0 Å². The van der Waals surface area contributed by atoms with Gasteiger partial charge in [0, 0.05) is 19.1 Å². The van der Waals surface area contributed by atoms with Gasteiger partial charge in [0.1, 0.15) is 0 Å². The number of amides is 1. The summed E-state index contributed by atoms with van der Waals surface area (Å²) in [6.07, 6.45) is 3.52. The summed E-state index contributed by atoms with van der Waals surface area (Å²) in [4.78, 5) is 14.9. The fraction of sp³-hybridized carbons (Fsp3) is 0.889. The molecular formula is C9H16N2O. The van der Waals surface area contributed by atoms with Crippen molar-refractivity contribution >= 4 is 6.41 Å². The molecular weight excluding hydrogens is 152 g/mol. The minimum absolute atomic E-state index is 0.643. The number of nitrogens with zero attached hydrogens (tertiary/aromatic N) is 2. The predicted octanol–water partition coefficient (Wildman–Crippen LogP) is 0.169. The van der Waals surface area contributed by atoms with Gasteiger partial charge in [-0.2, -0.15) is 0 Å². The van der Waals surface area contributed by atoms with Crippen LogP contribution in [0, 0.1) is 5.92 Å². The number of piperidine rings is 1. The number of hydrogen-bond donors (Lipinski definition) is 0. The highest BCUT2D eigenvalue weighted by molar-refractivity contribution is 5.47. The van der Waals surface area contributed by atoms with Gasteiger partial charge in [0.25, 0.3) is 0 Å². The average molecular weight is 168 g/mol. The Balaban J connectivity index is 2.01. The molecule has 1 amide bonds. The first-order valence-corrected chi connectivity index (χ1v) is 4.71. The lowest BCUT2D eigenvalue weighted by Crippen LogP contribution is -2.46. The molecule has 2 atom stereocenters. The Morgan fingerprint density at radius 3 is 2.83 bits per heavy atom. The Morgan fingerprint density at radius 2 is 2.08 bits per heavy atom. The third-order valence-electron chi connectivity index (χ3n) is 3.32. The third kappa shape index (κ3) is 1.22. The summed E-state index contributed by atoms with van der Waals surface area (Å²) in [5, 5.41) is 0. The normalized spacial score (nSPS) is 36.6. The number of likely N-dealkylation sites (tertiary alicyclic amines) is 2. The molecule has 2 aliphatic rings. The molecule has 3 nitrogen and oxygen atoms in total. The summed E-state index contributed by atoms with van der Waals surface area (Å²) in [6, 6.07) is 0.643. The van der Waals surface area contributed by atoms with Gasteiger partial charge >= 0.3 is 0 Å². The fourth-order valence-electron chi connectivity index (χ4n) is 2.47. The van der Waals surface area contributed by atoms with Gasteiger partial charge in [0.15, 0.2) is 0 Å². The van der Waals surface area contributed by atoms with E-state index >= 15 is 0 Å². The Labute approximate surface area is 73.3 Å². The van der Waals surface area contributed by atoms with Gasteiger partial charge in [-0.1, -0.05) is 0 Å². The molecule has 0 bridgehead atoms. The lowest BCUT2D eigenvalue weighted by molar-refractivity contribution is -0.120. The number of carbonyl (C=O) groups excluding carboxylic acids is 1. The zero-order valence-electron chi connectivity index (χ0n) is 7.57. The van der Waals surface area contributed by atoms with E-state index in [4.69, 9.17) is 0 Å². The van der Waals surface area contributed by atoms with Crippen LogP contribution < -0.4 is 0 Å². The van der Waals surface area contributed by atoms with Gasteiger partial charge in [-0.25, -0.2) is 0 Å². The molecule has 0 aromatic carbocycles. The van der Waals surface area contributed by atoms with E-state index in [0.717, 1.165) is 25.4 Å². The van der Waals surface area contributed by atoms with Crippen molar-refractivity contribution in [2.45, 2.75) is 18.9 Å². The van der Waals surface area contributed by atoms with E-state index in [9.17, 15) is 4.79 Å². The first kappa shape index (κ1) is 8.05. The first-order valence-electron chi connectivity index (χ1n) is 4.71. The van der Waals surface area contributed by atoms with E-state index in [2.05, 4.69) is 11.9 Å². The van der Waals surface area contributed by atoms with Crippen molar-refractivity contribution in [2.24, 2.45) is 5.92 Å². The number of carbonyl (C=O) groups is 1. The number of hydrogen-bond acceptors (Lipinski definition) is 2. The van der Waals surface area contributed by atoms with E-state index in [-0.39, 0.29) is 0 Å². The molecule has 0 spiro atoms. The van der Waals surface area contributed by atoms with Gasteiger partial charge in [0.05, 0.1) is 0 Å². The van der Waals surface area contributed by atoms with Crippen LogP contribution in [-0.4, -0.2) is 48.9 Å². The Hall–Kier alpha value is -0.570. The number of rotatable bonds is 1. The summed E-state index contributed by atoms with van der Waals surface area (Å²) < 4.78 is 0. The van der Waals surface area contributed by atoms with Crippen molar-refractivity contribution in [1.29, 1.82) is 0 Å².